The molecule has 0 aromatic heterocycles. The molecule has 0 heterocycles. The number of rotatable bonds is 4. The molecule has 99 valence electrons. The number of benzene rings is 1. The first-order valence-corrected chi connectivity index (χ1v) is 6.31. The van der Waals surface area contributed by atoms with Crippen LogP contribution >= 0.6 is 0 Å². The Kier molecular flexibility index (Phi) is 5.20. The number of unbranched alkanes of at least 4 members (excludes halogenated alkanes) is 1. The van der Waals surface area contributed by atoms with Crippen molar-refractivity contribution in [1.82, 2.24) is 0 Å². The van der Waals surface area contributed by atoms with Crippen molar-refractivity contribution < 1.29 is 14.3 Å². The molecular formula is C15H21O3. The summed E-state index contributed by atoms with van der Waals surface area (Å²) in [5.41, 5.74) is 0.582. The van der Waals surface area contributed by atoms with Crippen molar-refractivity contribution in [2.45, 2.75) is 52.6 Å². The number of hydrogen-bond acceptors (Lipinski definition) is 3. The standard InChI is InChI=1S/C15H21O3/c1-5-6-8-12-9-7-10-13(11-12)17-14(16)18-15(2,3)4/h9-11H,5-6,8H2,1-4H3. The SMILES string of the molecule is CCCCc1c[c]cc(OC(=O)OC(C)(C)C)c1. The monoisotopic (exact) mass is 249 g/mol. The predicted octanol–water partition coefficient (Wildman–Crippen LogP) is 4.14. The lowest BCUT2D eigenvalue weighted by Gasteiger charge is -2.18. The molecule has 0 aliphatic heterocycles. The van der Waals surface area contributed by atoms with E-state index < -0.39 is 11.8 Å². The summed E-state index contributed by atoms with van der Waals surface area (Å²) in [7, 11) is 0. The van der Waals surface area contributed by atoms with E-state index in [2.05, 4.69) is 13.0 Å². The molecule has 0 saturated heterocycles. The quantitative estimate of drug-likeness (QED) is 0.594. The molecule has 18 heavy (non-hydrogen) atoms. The van der Waals surface area contributed by atoms with Crippen LogP contribution in [0.2, 0.25) is 0 Å². The first-order valence-electron chi connectivity index (χ1n) is 6.31. The Labute approximate surface area is 109 Å². The third-order valence-electron chi connectivity index (χ3n) is 2.23. The number of carbonyl (C=O) groups is 1. The van der Waals surface area contributed by atoms with Crippen molar-refractivity contribution in [3.05, 3.63) is 29.8 Å². The molecule has 0 aliphatic rings. The van der Waals surface area contributed by atoms with Gasteiger partial charge >= 0.3 is 6.16 Å². The average molecular weight is 249 g/mol. The first kappa shape index (κ1) is 14.6. The van der Waals surface area contributed by atoms with Crippen LogP contribution in [0.25, 0.3) is 0 Å². The van der Waals surface area contributed by atoms with Crippen molar-refractivity contribution in [2.75, 3.05) is 0 Å². The van der Waals surface area contributed by atoms with Crippen LogP contribution in [0.15, 0.2) is 18.2 Å². The summed E-state index contributed by atoms with van der Waals surface area (Å²) in [6, 6.07) is 8.38. The highest BCUT2D eigenvalue weighted by Crippen LogP contribution is 2.17. The van der Waals surface area contributed by atoms with Gasteiger partial charge in [-0.25, -0.2) is 4.79 Å². The fourth-order valence-corrected chi connectivity index (χ4v) is 1.45. The molecule has 1 rings (SSSR count). The zero-order valence-electron chi connectivity index (χ0n) is 11.6. The third-order valence-corrected chi connectivity index (χ3v) is 2.23. The summed E-state index contributed by atoms with van der Waals surface area (Å²) in [5, 5.41) is 0. The van der Waals surface area contributed by atoms with E-state index in [1.54, 1.807) is 26.8 Å². The van der Waals surface area contributed by atoms with Gasteiger partial charge in [0.2, 0.25) is 0 Å². The Morgan fingerprint density at radius 1 is 1.33 bits per heavy atom. The minimum Gasteiger partial charge on any atom is -0.428 e. The van der Waals surface area contributed by atoms with Crippen LogP contribution in [-0.2, 0) is 11.2 Å². The second kappa shape index (κ2) is 6.43. The number of aryl methyl sites for hydroxylation is 1. The summed E-state index contributed by atoms with van der Waals surface area (Å²) < 4.78 is 10.2. The Bertz CT molecular complexity index is 391. The van der Waals surface area contributed by atoms with Crippen molar-refractivity contribution in [3.8, 4) is 5.75 Å². The Morgan fingerprint density at radius 2 is 2.06 bits per heavy atom. The molecule has 1 aromatic rings. The second-order valence-electron chi connectivity index (χ2n) is 5.25. The van der Waals surface area contributed by atoms with Gasteiger partial charge in [-0.2, -0.15) is 0 Å². The van der Waals surface area contributed by atoms with Gasteiger partial charge in [0, 0.05) is 0 Å². The molecule has 1 aromatic carbocycles. The summed E-state index contributed by atoms with van der Waals surface area (Å²) in [4.78, 5) is 11.5. The highest BCUT2D eigenvalue weighted by atomic mass is 16.7. The van der Waals surface area contributed by atoms with Crippen molar-refractivity contribution >= 4 is 6.16 Å². The van der Waals surface area contributed by atoms with Crippen LogP contribution in [0.5, 0.6) is 5.75 Å². The summed E-state index contributed by atoms with van der Waals surface area (Å²) >= 11 is 0. The predicted molar refractivity (Wildman–Crippen MR) is 70.8 cm³/mol. The fraction of sp³-hybridized carbons (Fsp3) is 0.533. The molecule has 0 spiro atoms. The highest BCUT2D eigenvalue weighted by molar-refractivity contribution is 5.64. The molecule has 0 amide bonds. The van der Waals surface area contributed by atoms with E-state index >= 15 is 0 Å². The lowest BCUT2D eigenvalue weighted by atomic mass is 10.1. The van der Waals surface area contributed by atoms with Gasteiger partial charge in [-0.1, -0.05) is 19.4 Å². The lowest BCUT2D eigenvalue weighted by Crippen LogP contribution is -2.25. The van der Waals surface area contributed by atoms with E-state index in [0.29, 0.717) is 5.75 Å². The molecule has 0 N–H and O–H groups in total. The molecule has 0 saturated carbocycles. The smallest absolute Gasteiger partial charge is 0.428 e. The van der Waals surface area contributed by atoms with E-state index in [1.807, 2.05) is 12.1 Å². The molecular weight excluding hydrogens is 228 g/mol. The van der Waals surface area contributed by atoms with Crippen LogP contribution < -0.4 is 4.74 Å². The Hall–Kier alpha value is -1.51. The fourth-order valence-electron chi connectivity index (χ4n) is 1.45. The topological polar surface area (TPSA) is 35.5 Å². The molecule has 1 radical (unpaired) electrons. The lowest BCUT2D eigenvalue weighted by molar-refractivity contribution is 0.0206. The third kappa shape index (κ3) is 5.71. The molecule has 0 aliphatic carbocycles. The largest absolute Gasteiger partial charge is 0.514 e. The zero-order valence-corrected chi connectivity index (χ0v) is 11.6. The first-order chi connectivity index (χ1) is 8.40. The van der Waals surface area contributed by atoms with Gasteiger partial charge in [0.05, 0.1) is 0 Å². The van der Waals surface area contributed by atoms with Gasteiger partial charge < -0.3 is 9.47 Å². The minimum atomic E-state index is -0.677. The average Bonchev–Trinajstić information content (AvgIpc) is 2.24. The van der Waals surface area contributed by atoms with E-state index in [4.69, 9.17) is 9.47 Å². The maximum absolute atomic E-state index is 11.5. The van der Waals surface area contributed by atoms with Crippen molar-refractivity contribution in [3.63, 3.8) is 0 Å². The van der Waals surface area contributed by atoms with E-state index in [-0.39, 0.29) is 0 Å². The van der Waals surface area contributed by atoms with Gasteiger partial charge in [0.25, 0.3) is 0 Å². The van der Waals surface area contributed by atoms with Gasteiger partial charge in [-0.3, -0.25) is 0 Å². The van der Waals surface area contributed by atoms with Crippen LogP contribution in [0.3, 0.4) is 0 Å². The van der Waals surface area contributed by atoms with Crippen LogP contribution in [-0.4, -0.2) is 11.8 Å². The highest BCUT2D eigenvalue weighted by Gasteiger charge is 2.18. The zero-order chi connectivity index (χ0) is 13.6. The molecule has 3 heteroatoms. The van der Waals surface area contributed by atoms with E-state index in [1.165, 1.54) is 0 Å². The summed E-state index contributed by atoms with van der Waals surface area (Å²) in [5.74, 6) is 0.484. The molecule has 0 bridgehead atoms. The van der Waals surface area contributed by atoms with E-state index in [9.17, 15) is 4.79 Å². The van der Waals surface area contributed by atoms with Crippen molar-refractivity contribution in [2.24, 2.45) is 0 Å². The Morgan fingerprint density at radius 3 is 2.67 bits per heavy atom. The number of carbonyl (C=O) groups excluding carboxylic acids is 1. The second-order valence-corrected chi connectivity index (χ2v) is 5.25. The van der Waals surface area contributed by atoms with Crippen LogP contribution in [0.1, 0.15) is 46.1 Å². The Balaban J connectivity index is 2.59. The van der Waals surface area contributed by atoms with Crippen LogP contribution in [0, 0.1) is 6.07 Å². The molecule has 0 fully saturated rings. The molecule has 0 atom stereocenters. The van der Waals surface area contributed by atoms with Gasteiger partial charge in [0.1, 0.15) is 11.4 Å². The van der Waals surface area contributed by atoms with Crippen LogP contribution in [0.4, 0.5) is 4.79 Å². The number of ether oxygens (including phenoxy) is 2. The van der Waals surface area contributed by atoms with E-state index in [0.717, 1.165) is 24.8 Å². The van der Waals surface area contributed by atoms with Gasteiger partial charge in [-0.05, 0) is 57.4 Å². The number of hydrogen-bond donors (Lipinski definition) is 0. The van der Waals surface area contributed by atoms with Gasteiger partial charge in [-0.15, -0.1) is 0 Å². The maximum Gasteiger partial charge on any atom is 0.514 e. The van der Waals surface area contributed by atoms with Crippen molar-refractivity contribution in [1.29, 1.82) is 0 Å². The molecule has 0 unspecified atom stereocenters. The van der Waals surface area contributed by atoms with Gasteiger partial charge in [0.15, 0.2) is 0 Å². The normalized spacial score (nSPS) is 11.1. The summed E-state index contributed by atoms with van der Waals surface area (Å²) in [6.07, 6.45) is 2.54. The molecule has 3 nitrogen and oxygen atoms in total. The summed E-state index contributed by atoms with van der Waals surface area (Å²) in [6.45, 7) is 7.55. The maximum atomic E-state index is 11.5. The minimum absolute atomic E-state index is 0.484.